The zero-order valence-corrected chi connectivity index (χ0v) is 15.8. The lowest BCUT2D eigenvalue weighted by Gasteiger charge is -2.37. The van der Waals surface area contributed by atoms with Gasteiger partial charge in [0, 0.05) is 49.9 Å². The molecule has 1 saturated heterocycles. The van der Waals surface area contributed by atoms with Crippen LogP contribution in [-0.4, -0.2) is 67.3 Å². The van der Waals surface area contributed by atoms with E-state index in [0.29, 0.717) is 19.2 Å². The third-order valence-corrected chi connectivity index (χ3v) is 5.25. The standard InChI is InChI=1S/C20H30N4O2/c1-23-12-8-17(9-13-23)24(11-4-14-26-2)20(25)22-15-16-5-3-6-19-18(16)7-10-21-19/h3,5-7,10,17,21H,4,8-9,11-15H2,1-2H3,(H,22,25). The molecule has 1 aliphatic rings. The number of benzene rings is 1. The second kappa shape index (κ2) is 9.05. The summed E-state index contributed by atoms with van der Waals surface area (Å²) >= 11 is 0. The zero-order valence-electron chi connectivity index (χ0n) is 15.8. The molecule has 2 aromatic rings. The molecule has 0 radical (unpaired) electrons. The minimum absolute atomic E-state index is 0.0307. The van der Waals surface area contributed by atoms with Crippen molar-refractivity contribution in [2.75, 3.05) is 40.4 Å². The molecule has 1 aliphatic heterocycles. The van der Waals surface area contributed by atoms with E-state index in [-0.39, 0.29) is 6.03 Å². The fourth-order valence-corrected chi connectivity index (χ4v) is 3.71. The first-order chi connectivity index (χ1) is 12.7. The van der Waals surface area contributed by atoms with E-state index in [9.17, 15) is 4.79 Å². The highest BCUT2D eigenvalue weighted by Gasteiger charge is 2.26. The summed E-state index contributed by atoms with van der Waals surface area (Å²) < 4.78 is 5.17. The summed E-state index contributed by atoms with van der Waals surface area (Å²) in [5.74, 6) is 0. The van der Waals surface area contributed by atoms with E-state index in [1.54, 1.807) is 7.11 Å². The molecule has 6 heteroatoms. The minimum Gasteiger partial charge on any atom is -0.385 e. The highest BCUT2D eigenvalue weighted by atomic mass is 16.5. The topological polar surface area (TPSA) is 60.6 Å². The molecule has 0 saturated carbocycles. The van der Waals surface area contributed by atoms with Gasteiger partial charge in [0.05, 0.1) is 0 Å². The number of aromatic amines is 1. The number of likely N-dealkylation sites (tertiary alicyclic amines) is 1. The average molecular weight is 358 g/mol. The van der Waals surface area contributed by atoms with E-state index in [0.717, 1.165) is 55.4 Å². The molecule has 0 bridgehead atoms. The Bertz CT molecular complexity index is 707. The molecule has 0 atom stereocenters. The second-order valence-electron chi connectivity index (χ2n) is 7.09. The predicted octanol–water partition coefficient (Wildman–Crippen LogP) is 2.81. The number of nitrogens with one attached hydrogen (secondary N) is 2. The molecular formula is C20H30N4O2. The minimum atomic E-state index is 0.0307. The van der Waals surface area contributed by atoms with E-state index in [4.69, 9.17) is 4.74 Å². The van der Waals surface area contributed by atoms with Crippen LogP contribution in [0.5, 0.6) is 0 Å². The van der Waals surface area contributed by atoms with Crippen molar-refractivity contribution in [3.8, 4) is 0 Å². The maximum Gasteiger partial charge on any atom is 0.317 e. The van der Waals surface area contributed by atoms with Crippen LogP contribution in [0.4, 0.5) is 4.79 Å². The monoisotopic (exact) mass is 358 g/mol. The van der Waals surface area contributed by atoms with Crippen LogP contribution in [0.25, 0.3) is 10.9 Å². The summed E-state index contributed by atoms with van der Waals surface area (Å²) in [6.07, 6.45) is 4.86. The van der Waals surface area contributed by atoms with Crippen molar-refractivity contribution in [2.45, 2.75) is 31.8 Å². The van der Waals surface area contributed by atoms with Gasteiger partial charge in [0.25, 0.3) is 0 Å². The molecule has 2 N–H and O–H groups in total. The highest BCUT2D eigenvalue weighted by Crippen LogP contribution is 2.19. The Morgan fingerprint density at radius 3 is 2.92 bits per heavy atom. The van der Waals surface area contributed by atoms with Crippen LogP contribution in [0.1, 0.15) is 24.8 Å². The van der Waals surface area contributed by atoms with E-state index in [1.165, 1.54) is 0 Å². The molecule has 0 spiro atoms. The molecule has 3 rings (SSSR count). The number of urea groups is 1. The number of piperidine rings is 1. The lowest BCUT2D eigenvalue weighted by Crippen LogP contribution is -2.50. The van der Waals surface area contributed by atoms with Gasteiger partial charge in [-0.1, -0.05) is 12.1 Å². The molecule has 0 unspecified atom stereocenters. The van der Waals surface area contributed by atoms with Gasteiger partial charge in [0.2, 0.25) is 0 Å². The molecule has 2 heterocycles. The van der Waals surface area contributed by atoms with Crippen molar-refractivity contribution in [1.82, 2.24) is 20.1 Å². The van der Waals surface area contributed by atoms with Crippen molar-refractivity contribution >= 4 is 16.9 Å². The molecule has 0 aliphatic carbocycles. The molecular weight excluding hydrogens is 328 g/mol. The fourth-order valence-electron chi connectivity index (χ4n) is 3.71. The van der Waals surface area contributed by atoms with Gasteiger partial charge in [0.15, 0.2) is 0 Å². The maximum atomic E-state index is 12.9. The Hall–Kier alpha value is -2.05. The quantitative estimate of drug-likeness (QED) is 0.748. The number of ether oxygens (including phenoxy) is 1. The molecule has 1 fully saturated rings. The summed E-state index contributed by atoms with van der Waals surface area (Å²) in [5, 5.41) is 4.30. The molecule has 142 valence electrons. The second-order valence-corrected chi connectivity index (χ2v) is 7.09. The number of carbonyl (C=O) groups excluding carboxylic acids is 1. The molecule has 1 aromatic heterocycles. The van der Waals surface area contributed by atoms with Gasteiger partial charge in [-0.05, 0) is 57.1 Å². The Morgan fingerprint density at radius 2 is 2.15 bits per heavy atom. The van der Waals surface area contributed by atoms with Crippen molar-refractivity contribution < 1.29 is 9.53 Å². The third-order valence-electron chi connectivity index (χ3n) is 5.25. The molecule has 26 heavy (non-hydrogen) atoms. The normalized spacial score (nSPS) is 16.1. The summed E-state index contributed by atoms with van der Waals surface area (Å²) in [4.78, 5) is 20.5. The van der Waals surface area contributed by atoms with Gasteiger partial charge in [-0.3, -0.25) is 0 Å². The first-order valence-corrected chi connectivity index (χ1v) is 9.46. The summed E-state index contributed by atoms with van der Waals surface area (Å²) in [5.41, 5.74) is 2.24. The number of amides is 2. The van der Waals surface area contributed by atoms with Gasteiger partial charge < -0.3 is 24.8 Å². The smallest absolute Gasteiger partial charge is 0.317 e. The SMILES string of the molecule is COCCCN(C(=O)NCc1cccc2[nH]ccc12)C1CCN(C)CC1. The van der Waals surface area contributed by atoms with Crippen LogP contribution in [0.2, 0.25) is 0 Å². The van der Waals surface area contributed by atoms with E-state index < -0.39 is 0 Å². The number of carbonyl (C=O) groups is 1. The van der Waals surface area contributed by atoms with Gasteiger partial charge in [0.1, 0.15) is 0 Å². The number of H-pyrrole nitrogens is 1. The number of methoxy groups -OCH3 is 1. The maximum absolute atomic E-state index is 12.9. The lowest BCUT2D eigenvalue weighted by molar-refractivity contribution is 0.118. The van der Waals surface area contributed by atoms with E-state index >= 15 is 0 Å². The van der Waals surface area contributed by atoms with Gasteiger partial charge in [-0.2, -0.15) is 0 Å². The van der Waals surface area contributed by atoms with Crippen LogP contribution >= 0.6 is 0 Å². The van der Waals surface area contributed by atoms with Gasteiger partial charge in [-0.25, -0.2) is 4.79 Å². The van der Waals surface area contributed by atoms with E-state index in [2.05, 4.69) is 40.4 Å². The zero-order chi connectivity index (χ0) is 18.4. The summed E-state index contributed by atoms with van der Waals surface area (Å²) in [6.45, 7) is 4.05. The first kappa shape index (κ1) is 18.7. The van der Waals surface area contributed by atoms with Crippen LogP contribution in [0, 0.1) is 0 Å². The Labute approximate surface area is 155 Å². The Morgan fingerprint density at radius 1 is 1.35 bits per heavy atom. The number of hydrogen-bond donors (Lipinski definition) is 2. The van der Waals surface area contributed by atoms with Crippen LogP contribution in [0.3, 0.4) is 0 Å². The lowest BCUT2D eigenvalue weighted by atomic mass is 10.0. The van der Waals surface area contributed by atoms with Gasteiger partial charge in [-0.15, -0.1) is 0 Å². The molecule has 6 nitrogen and oxygen atoms in total. The van der Waals surface area contributed by atoms with Crippen molar-refractivity contribution in [1.29, 1.82) is 0 Å². The number of rotatable bonds is 7. The third kappa shape index (κ3) is 4.56. The van der Waals surface area contributed by atoms with Gasteiger partial charge >= 0.3 is 6.03 Å². The molecule has 1 aromatic carbocycles. The molecule has 2 amide bonds. The Kier molecular flexibility index (Phi) is 6.52. The number of nitrogens with zero attached hydrogens (tertiary/aromatic N) is 2. The number of hydrogen-bond acceptors (Lipinski definition) is 3. The highest BCUT2D eigenvalue weighted by molar-refractivity contribution is 5.83. The largest absolute Gasteiger partial charge is 0.385 e. The first-order valence-electron chi connectivity index (χ1n) is 9.46. The number of aromatic nitrogens is 1. The average Bonchev–Trinajstić information content (AvgIpc) is 3.14. The summed E-state index contributed by atoms with van der Waals surface area (Å²) in [6, 6.07) is 8.55. The van der Waals surface area contributed by atoms with Crippen molar-refractivity contribution in [2.24, 2.45) is 0 Å². The van der Waals surface area contributed by atoms with Crippen LogP contribution < -0.4 is 5.32 Å². The Balaban J connectivity index is 1.63. The number of fused-ring (bicyclic) bond motifs is 1. The fraction of sp³-hybridized carbons (Fsp3) is 0.550. The van der Waals surface area contributed by atoms with Crippen LogP contribution in [-0.2, 0) is 11.3 Å². The van der Waals surface area contributed by atoms with Crippen molar-refractivity contribution in [3.05, 3.63) is 36.0 Å². The summed E-state index contributed by atoms with van der Waals surface area (Å²) in [7, 11) is 3.85. The van der Waals surface area contributed by atoms with Crippen molar-refractivity contribution in [3.63, 3.8) is 0 Å². The van der Waals surface area contributed by atoms with E-state index in [1.807, 2.05) is 17.2 Å². The van der Waals surface area contributed by atoms with Crippen LogP contribution in [0.15, 0.2) is 30.5 Å². The predicted molar refractivity (Wildman–Crippen MR) is 104 cm³/mol.